The lowest BCUT2D eigenvalue weighted by Crippen LogP contribution is -2.49. The molecule has 132 valence electrons. The van der Waals surface area contributed by atoms with Crippen molar-refractivity contribution in [2.75, 3.05) is 26.2 Å². The highest BCUT2D eigenvalue weighted by atomic mass is 16.2. The van der Waals surface area contributed by atoms with E-state index in [1.807, 2.05) is 0 Å². The van der Waals surface area contributed by atoms with E-state index < -0.39 is 6.03 Å². The lowest BCUT2D eigenvalue weighted by molar-refractivity contribution is -0.124. The number of rotatable bonds is 8. The van der Waals surface area contributed by atoms with Gasteiger partial charge in [0, 0.05) is 38.1 Å². The second-order valence-electron chi connectivity index (χ2n) is 6.04. The van der Waals surface area contributed by atoms with Gasteiger partial charge < -0.3 is 21.7 Å². The number of carbonyl (C=O) groups is 3. The van der Waals surface area contributed by atoms with Crippen molar-refractivity contribution in [2.45, 2.75) is 51.6 Å². The zero-order valence-corrected chi connectivity index (χ0v) is 14.1. The van der Waals surface area contributed by atoms with Crippen LogP contribution >= 0.6 is 0 Å². The highest BCUT2D eigenvalue weighted by Gasteiger charge is 2.26. The van der Waals surface area contributed by atoms with E-state index in [-0.39, 0.29) is 24.8 Å². The van der Waals surface area contributed by atoms with E-state index in [0.717, 1.165) is 12.8 Å². The van der Waals surface area contributed by atoms with Crippen molar-refractivity contribution in [2.24, 2.45) is 5.73 Å². The topological polar surface area (TPSA) is 117 Å². The summed E-state index contributed by atoms with van der Waals surface area (Å²) in [5, 5.41) is 7.79. The van der Waals surface area contributed by atoms with Crippen LogP contribution in [0.15, 0.2) is 0 Å². The van der Waals surface area contributed by atoms with Gasteiger partial charge in [0.25, 0.3) is 0 Å². The van der Waals surface area contributed by atoms with E-state index in [2.05, 4.69) is 34.7 Å². The molecule has 0 bridgehead atoms. The Bertz CT molecular complexity index is 406. The summed E-state index contributed by atoms with van der Waals surface area (Å²) in [6.07, 6.45) is 3.68. The van der Waals surface area contributed by atoms with Gasteiger partial charge >= 0.3 is 6.03 Å². The highest BCUT2D eigenvalue weighted by Crippen LogP contribution is 2.21. The molecule has 0 aliphatic carbocycles. The molecule has 0 saturated carbocycles. The average molecular weight is 327 g/mol. The molecule has 5 N–H and O–H groups in total. The van der Waals surface area contributed by atoms with Gasteiger partial charge in [0.2, 0.25) is 11.8 Å². The predicted octanol–water partition coefficient (Wildman–Crippen LogP) is -0.460. The smallest absolute Gasteiger partial charge is 0.312 e. The fourth-order valence-electron chi connectivity index (χ4n) is 2.80. The Morgan fingerprint density at radius 1 is 0.957 bits per heavy atom. The van der Waals surface area contributed by atoms with Crippen molar-refractivity contribution in [1.82, 2.24) is 20.9 Å². The monoisotopic (exact) mass is 327 g/mol. The first-order chi connectivity index (χ1) is 10.9. The molecule has 8 nitrogen and oxygen atoms in total. The summed E-state index contributed by atoms with van der Waals surface area (Å²) in [4.78, 5) is 36.2. The van der Waals surface area contributed by atoms with Crippen molar-refractivity contribution in [3.63, 3.8) is 0 Å². The van der Waals surface area contributed by atoms with Crippen LogP contribution in [0.1, 0.15) is 39.5 Å². The van der Waals surface area contributed by atoms with Gasteiger partial charge in [-0.15, -0.1) is 0 Å². The van der Waals surface area contributed by atoms with Gasteiger partial charge in [-0.3, -0.25) is 14.5 Å². The van der Waals surface area contributed by atoms with Crippen molar-refractivity contribution in [3.05, 3.63) is 0 Å². The van der Waals surface area contributed by atoms with E-state index in [9.17, 15) is 14.4 Å². The maximum Gasteiger partial charge on any atom is 0.312 e. The minimum atomic E-state index is -0.618. The molecule has 0 radical (unpaired) electrons. The number of carbonyl (C=O) groups excluding carboxylic acids is 3. The number of nitrogens with zero attached hydrogens (tertiary/aromatic N) is 1. The molecule has 2 unspecified atom stereocenters. The number of hydrogen-bond acceptors (Lipinski definition) is 4. The van der Waals surface area contributed by atoms with Crippen LogP contribution in [0, 0.1) is 0 Å². The average Bonchev–Trinajstić information content (AvgIpc) is 2.47. The van der Waals surface area contributed by atoms with E-state index in [1.54, 1.807) is 0 Å². The quantitative estimate of drug-likeness (QED) is 0.451. The number of likely N-dealkylation sites (tertiary alicyclic amines) is 1. The molecular formula is C15H29N5O3. The fraction of sp³-hybridized carbons (Fsp3) is 0.800. The van der Waals surface area contributed by atoms with Crippen LogP contribution in [-0.2, 0) is 9.59 Å². The highest BCUT2D eigenvalue weighted by molar-refractivity contribution is 5.80. The SMILES string of the molecule is CC1CCCC(C)N1CC(=O)NCCC(=O)NCCNC(N)=O. The van der Waals surface area contributed by atoms with Crippen LogP contribution in [0.4, 0.5) is 4.79 Å². The number of urea groups is 1. The maximum atomic E-state index is 12.0. The molecule has 0 aromatic rings. The largest absolute Gasteiger partial charge is 0.354 e. The molecule has 0 spiro atoms. The second kappa shape index (κ2) is 10.0. The van der Waals surface area contributed by atoms with Gasteiger partial charge in [-0.25, -0.2) is 4.79 Å². The number of nitrogens with one attached hydrogen (secondary N) is 3. The normalized spacial score (nSPS) is 21.5. The molecule has 4 amide bonds. The third-order valence-corrected chi connectivity index (χ3v) is 4.12. The standard InChI is InChI=1S/C15H29N5O3/c1-11-4-3-5-12(2)20(11)10-14(22)17-7-6-13(21)18-8-9-19-15(16)23/h11-12H,3-10H2,1-2H3,(H,17,22)(H,18,21)(H3,16,19,23). The lowest BCUT2D eigenvalue weighted by Gasteiger charge is -2.38. The number of hydrogen-bond donors (Lipinski definition) is 4. The molecule has 1 saturated heterocycles. The molecule has 2 atom stereocenters. The Kier molecular flexibility index (Phi) is 8.39. The third-order valence-electron chi connectivity index (χ3n) is 4.12. The van der Waals surface area contributed by atoms with Crippen molar-refractivity contribution >= 4 is 17.8 Å². The van der Waals surface area contributed by atoms with Crippen LogP contribution < -0.4 is 21.7 Å². The summed E-state index contributed by atoms with van der Waals surface area (Å²) < 4.78 is 0. The van der Waals surface area contributed by atoms with Crippen molar-refractivity contribution in [1.29, 1.82) is 0 Å². The molecule has 23 heavy (non-hydrogen) atoms. The number of amides is 4. The summed E-state index contributed by atoms with van der Waals surface area (Å²) in [5.41, 5.74) is 4.90. The Morgan fingerprint density at radius 3 is 2.13 bits per heavy atom. The van der Waals surface area contributed by atoms with Gasteiger partial charge in [0.15, 0.2) is 0 Å². The minimum Gasteiger partial charge on any atom is -0.354 e. The number of primary amides is 1. The zero-order chi connectivity index (χ0) is 17.2. The number of nitrogens with two attached hydrogens (primary N) is 1. The van der Waals surface area contributed by atoms with Gasteiger partial charge in [-0.1, -0.05) is 6.42 Å². The first kappa shape index (κ1) is 19.2. The van der Waals surface area contributed by atoms with Crippen molar-refractivity contribution < 1.29 is 14.4 Å². The maximum absolute atomic E-state index is 12.0. The molecular weight excluding hydrogens is 298 g/mol. The summed E-state index contributed by atoms with van der Waals surface area (Å²) in [7, 11) is 0. The van der Waals surface area contributed by atoms with Gasteiger partial charge in [0.1, 0.15) is 0 Å². The van der Waals surface area contributed by atoms with Crippen LogP contribution in [0.3, 0.4) is 0 Å². The Balaban J connectivity index is 2.13. The summed E-state index contributed by atoms with van der Waals surface area (Å²) in [6.45, 7) is 5.60. The van der Waals surface area contributed by atoms with Crippen LogP contribution in [-0.4, -0.2) is 61.0 Å². The summed E-state index contributed by atoms with van der Waals surface area (Å²) >= 11 is 0. The van der Waals surface area contributed by atoms with Crippen LogP contribution in [0.5, 0.6) is 0 Å². The molecule has 1 aliphatic rings. The van der Waals surface area contributed by atoms with E-state index in [0.29, 0.717) is 31.7 Å². The Morgan fingerprint density at radius 2 is 1.52 bits per heavy atom. The van der Waals surface area contributed by atoms with Crippen LogP contribution in [0.25, 0.3) is 0 Å². The second-order valence-corrected chi connectivity index (χ2v) is 6.04. The minimum absolute atomic E-state index is 0.0474. The molecule has 8 heteroatoms. The van der Waals surface area contributed by atoms with E-state index >= 15 is 0 Å². The molecule has 1 rings (SSSR count). The Labute approximate surface area is 137 Å². The molecule has 0 aromatic heterocycles. The molecule has 0 aromatic carbocycles. The first-order valence-electron chi connectivity index (χ1n) is 8.22. The molecule has 1 aliphatic heterocycles. The van der Waals surface area contributed by atoms with Gasteiger partial charge in [-0.2, -0.15) is 0 Å². The lowest BCUT2D eigenvalue weighted by atomic mass is 9.97. The molecule has 1 heterocycles. The summed E-state index contributed by atoms with van der Waals surface area (Å²) in [5.74, 6) is -0.218. The predicted molar refractivity (Wildman–Crippen MR) is 87.7 cm³/mol. The third kappa shape index (κ3) is 7.83. The number of piperidine rings is 1. The van der Waals surface area contributed by atoms with E-state index in [4.69, 9.17) is 5.73 Å². The van der Waals surface area contributed by atoms with Crippen LogP contribution in [0.2, 0.25) is 0 Å². The first-order valence-corrected chi connectivity index (χ1v) is 8.22. The van der Waals surface area contributed by atoms with Gasteiger partial charge in [-0.05, 0) is 26.7 Å². The zero-order valence-electron chi connectivity index (χ0n) is 14.1. The summed E-state index contributed by atoms with van der Waals surface area (Å²) in [6, 6.07) is 0.226. The Hall–Kier alpha value is -1.83. The molecule has 1 fully saturated rings. The fourth-order valence-corrected chi connectivity index (χ4v) is 2.80. The van der Waals surface area contributed by atoms with Crippen molar-refractivity contribution in [3.8, 4) is 0 Å². The van der Waals surface area contributed by atoms with Gasteiger partial charge in [0.05, 0.1) is 6.54 Å². The van der Waals surface area contributed by atoms with E-state index in [1.165, 1.54) is 6.42 Å².